The minimum absolute atomic E-state index is 0.155. The highest BCUT2D eigenvalue weighted by atomic mass is 32.2. The van der Waals surface area contributed by atoms with Gasteiger partial charge in [-0.25, -0.2) is 13.1 Å². The molecule has 0 heterocycles. The molecule has 1 saturated carbocycles. The van der Waals surface area contributed by atoms with E-state index in [4.69, 9.17) is 0 Å². The summed E-state index contributed by atoms with van der Waals surface area (Å²) in [5.74, 6) is 0.155. The number of carbonyl (C=O) groups excluding carboxylic acids is 1. The van der Waals surface area contributed by atoms with Crippen LogP contribution in [-0.4, -0.2) is 26.5 Å². The van der Waals surface area contributed by atoms with E-state index in [1.807, 2.05) is 0 Å². The van der Waals surface area contributed by atoms with E-state index < -0.39 is 10.0 Å². The first-order valence-electron chi connectivity index (χ1n) is 3.96. The normalized spacial score (nSPS) is 25.8. The Labute approximate surface area is 72.4 Å². The number of rotatable bonds is 2. The fraction of sp³-hybridized carbons (Fsp3) is 0.857. The van der Waals surface area contributed by atoms with Gasteiger partial charge in [0.15, 0.2) is 0 Å². The van der Waals surface area contributed by atoms with E-state index in [1.54, 1.807) is 0 Å². The van der Waals surface area contributed by atoms with Gasteiger partial charge >= 0.3 is 0 Å². The van der Waals surface area contributed by atoms with E-state index in [0.717, 1.165) is 19.1 Å². The van der Waals surface area contributed by atoms with Gasteiger partial charge in [0, 0.05) is 18.9 Å². The van der Waals surface area contributed by atoms with Gasteiger partial charge < -0.3 is 0 Å². The highest BCUT2D eigenvalue weighted by molar-refractivity contribution is 7.88. The first-order valence-corrected chi connectivity index (χ1v) is 5.85. The molecule has 0 radical (unpaired) electrons. The standard InChI is InChI=1S/C7H13NO3S/c1-12(10,11)8-6-3-2-4-7(9)5-6/h6,8H,2-5H2,1H3. The van der Waals surface area contributed by atoms with Crippen molar-refractivity contribution in [1.82, 2.24) is 4.72 Å². The lowest BCUT2D eigenvalue weighted by Crippen LogP contribution is -2.37. The summed E-state index contributed by atoms with van der Waals surface area (Å²) in [6.07, 6.45) is 3.64. The summed E-state index contributed by atoms with van der Waals surface area (Å²) < 4.78 is 24.0. The number of ketones is 1. The highest BCUT2D eigenvalue weighted by Crippen LogP contribution is 2.14. The van der Waals surface area contributed by atoms with Crippen molar-refractivity contribution < 1.29 is 13.2 Å². The second kappa shape index (κ2) is 3.53. The van der Waals surface area contributed by atoms with Crippen LogP contribution in [0.5, 0.6) is 0 Å². The number of nitrogens with one attached hydrogen (secondary N) is 1. The van der Waals surface area contributed by atoms with E-state index in [1.165, 1.54) is 0 Å². The number of Topliss-reactive ketones (excluding diaryl/α,β-unsaturated/α-hetero) is 1. The van der Waals surface area contributed by atoms with Crippen LogP contribution in [0.15, 0.2) is 0 Å². The van der Waals surface area contributed by atoms with Crippen molar-refractivity contribution >= 4 is 15.8 Å². The molecule has 0 aromatic rings. The molecule has 1 rings (SSSR count). The van der Waals surface area contributed by atoms with E-state index in [2.05, 4.69) is 4.72 Å². The summed E-state index contributed by atoms with van der Waals surface area (Å²) >= 11 is 0. The predicted molar refractivity (Wildman–Crippen MR) is 45.2 cm³/mol. The van der Waals surface area contributed by atoms with Gasteiger partial charge in [0.25, 0.3) is 0 Å². The van der Waals surface area contributed by atoms with Crippen molar-refractivity contribution in [1.29, 1.82) is 0 Å². The summed E-state index contributed by atoms with van der Waals surface area (Å²) in [5.41, 5.74) is 0. The Morgan fingerprint density at radius 2 is 2.17 bits per heavy atom. The van der Waals surface area contributed by atoms with Gasteiger partial charge in [0.05, 0.1) is 6.26 Å². The lowest BCUT2D eigenvalue weighted by atomic mass is 9.95. The average Bonchev–Trinajstić information content (AvgIpc) is 1.82. The van der Waals surface area contributed by atoms with Crippen molar-refractivity contribution in [2.45, 2.75) is 31.7 Å². The van der Waals surface area contributed by atoms with Crippen molar-refractivity contribution in [3.05, 3.63) is 0 Å². The molecule has 70 valence electrons. The number of sulfonamides is 1. The lowest BCUT2D eigenvalue weighted by molar-refractivity contribution is -0.120. The van der Waals surface area contributed by atoms with Gasteiger partial charge in [-0.3, -0.25) is 4.79 Å². The van der Waals surface area contributed by atoms with Gasteiger partial charge in [0.1, 0.15) is 5.78 Å². The molecule has 1 unspecified atom stereocenters. The first-order chi connectivity index (χ1) is 5.47. The Balaban J connectivity index is 2.48. The van der Waals surface area contributed by atoms with Crippen LogP contribution in [0.25, 0.3) is 0 Å². The third-order valence-electron chi connectivity index (χ3n) is 1.86. The zero-order chi connectivity index (χ0) is 9.19. The monoisotopic (exact) mass is 191 g/mol. The summed E-state index contributed by atoms with van der Waals surface area (Å²) in [6.45, 7) is 0. The minimum Gasteiger partial charge on any atom is -0.300 e. The Hall–Kier alpha value is -0.420. The Bertz CT molecular complexity index is 270. The molecule has 1 aliphatic carbocycles. The van der Waals surface area contributed by atoms with Crippen LogP contribution in [0, 0.1) is 0 Å². The predicted octanol–water partition coefficient (Wildman–Crippen LogP) is 0.0473. The highest BCUT2D eigenvalue weighted by Gasteiger charge is 2.21. The molecule has 0 aliphatic heterocycles. The second-order valence-electron chi connectivity index (χ2n) is 3.22. The Morgan fingerprint density at radius 1 is 1.50 bits per heavy atom. The largest absolute Gasteiger partial charge is 0.300 e. The molecule has 1 aliphatic rings. The van der Waals surface area contributed by atoms with Crippen LogP contribution in [-0.2, 0) is 14.8 Å². The third kappa shape index (κ3) is 3.32. The Kier molecular flexibility index (Phi) is 2.85. The maximum Gasteiger partial charge on any atom is 0.208 e. The summed E-state index contributed by atoms with van der Waals surface area (Å²) in [5, 5.41) is 0. The first kappa shape index (κ1) is 9.67. The molecule has 1 atom stereocenters. The van der Waals surface area contributed by atoms with Crippen LogP contribution < -0.4 is 4.72 Å². The minimum atomic E-state index is -3.15. The van der Waals surface area contributed by atoms with Crippen LogP contribution >= 0.6 is 0 Å². The van der Waals surface area contributed by atoms with Crippen molar-refractivity contribution in [3.63, 3.8) is 0 Å². The number of hydrogen-bond acceptors (Lipinski definition) is 3. The molecule has 0 aromatic heterocycles. The van der Waals surface area contributed by atoms with Gasteiger partial charge in [-0.15, -0.1) is 0 Å². The van der Waals surface area contributed by atoms with Crippen molar-refractivity contribution in [2.24, 2.45) is 0 Å². The van der Waals surface area contributed by atoms with E-state index >= 15 is 0 Å². The lowest BCUT2D eigenvalue weighted by Gasteiger charge is -2.20. The third-order valence-corrected chi connectivity index (χ3v) is 2.62. The average molecular weight is 191 g/mol. The van der Waals surface area contributed by atoms with Gasteiger partial charge in [-0.05, 0) is 12.8 Å². The molecular formula is C7H13NO3S. The summed E-state index contributed by atoms with van der Waals surface area (Å²) in [6, 6.07) is -0.166. The van der Waals surface area contributed by atoms with Crippen LogP contribution in [0.2, 0.25) is 0 Å². The molecule has 0 saturated heterocycles. The van der Waals surface area contributed by atoms with Crippen molar-refractivity contribution in [2.75, 3.05) is 6.26 Å². The quantitative estimate of drug-likeness (QED) is 0.670. The molecule has 1 fully saturated rings. The maximum atomic E-state index is 10.9. The molecular weight excluding hydrogens is 178 g/mol. The smallest absolute Gasteiger partial charge is 0.208 e. The van der Waals surface area contributed by atoms with Gasteiger partial charge in [0.2, 0.25) is 10.0 Å². The zero-order valence-corrected chi connectivity index (χ0v) is 7.86. The van der Waals surface area contributed by atoms with E-state index in [-0.39, 0.29) is 11.8 Å². The van der Waals surface area contributed by atoms with Crippen molar-refractivity contribution in [3.8, 4) is 0 Å². The zero-order valence-electron chi connectivity index (χ0n) is 7.04. The molecule has 12 heavy (non-hydrogen) atoms. The fourth-order valence-electron chi connectivity index (χ4n) is 1.43. The second-order valence-corrected chi connectivity index (χ2v) is 5.00. The maximum absolute atomic E-state index is 10.9. The molecule has 5 heteroatoms. The molecule has 0 bridgehead atoms. The number of hydrogen-bond donors (Lipinski definition) is 1. The molecule has 0 amide bonds. The van der Waals surface area contributed by atoms with Crippen LogP contribution in [0.1, 0.15) is 25.7 Å². The fourth-order valence-corrected chi connectivity index (χ4v) is 2.23. The molecule has 4 nitrogen and oxygen atoms in total. The SMILES string of the molecule is CS(=O)(=O)NC1CCCC(=O)C1. The molecule has 0 spiro atoms. The van der Waals surface area contributed by atoms with Gasteiger partial charge in [-0.2, -0.15) is 0 Å². The summed E-state index contributed by atoms with van der Waals surface area (Å²) in [7, 11) is -3.15. The molecule has 0 aromatic carbocycles. The van der Waals surface area contributed by atoms with E-state index in [9.17, 15) is 13.2 Å². The van der Waals surface area contributed by atoms with Crippen LogP contribution in [0.4, 0.5) is 0 Å². The van der Waals surface area contributed by atoms with Gasteiger partial charge in [-0.1, -0.05) is 0 Å². The molecule has 1 N–H and O–H groups in total. The number of carbonyl (C=O) groups is 1. The topological polar surface area (TPSA) is 63.2 Å². The summed E-state index contributed by atoms with van der Waals surface area (Å²) in [4.78, 5) is 10.9. The Morgan fingerprint density at radius 3 is 2.67 bits per heavy atom. The van der Waals surface area contributed by atoms with Crippen LogP contribution in [0.3, 0.4) is 0 Å². The van der Waals surface area contributed by atoms with E-state index in [0.29, 0.717) is 12.8 Å².